The quantitative estimate of drug-likeness (QED) is 0.280. The first-order valence-corrected chi connectivity index (χ1v) is 6.27. The molecule has 0 aromatic carbocycles. The highest BCUT2D eigenvalue weighted by Gasteiger charge is 2.09. The van der Waals surface area contributed by atoms with Crippen LogP contribution in [-0.2, 0) is 0 Å². The van der Waals surface area contributed by atoms with Crippen LogP contribution in [0.15, 0.2) is 0 Å². The molecule has 0 fully saturated rings. The molecule has 0 radical (unpaired) electrons. The summed E-state index contributed by atoms with van der Waals surface area (Å²) in [6.07, 6.45) is 2.17. The summed E-state index contributed by atoms with van der Waals surface area (Å²) in [5, 5.41) is 11.0. The van der Waals surface area contributed by atoms with Gasteiger partial charge in [0, 0.05) is 6.54 Å². The van der Waals surface area contributed by atoms with Crippen LogP contribution in [0.5, 0.6) is 0 Å². The van der Waals surface area contributed by atoms with E-state index in [9.17, 15) is 5.11 Å². The van der Waals surface area contributed by atoms with Gasteiger partial charge in [-0.2, -0.15) is 0 Å². The number of aliphatic hydroxyl groups excluding tert-OH is 1. The molecular weight excluding hydrogens is 204 g/mol. The fourth-order valence-corrected chi connectivity index (χ4v) is 1.60. The summed E-state index contributed by atoms with van der Waals surface area (Å²) >= 11 is 0. The Balaban J connectivity index is 3.60. The second-order valence-electron chi connectivity index (χ2n) is 4.06. The number of nitrogens with two attached hydrogens (primary N) is 2. The summed E-state index contributed by atoms with van der Waals surface area (Å²) in [5.41, 5.74) is 5.48. The van der Waals surface area contributed by atoms with Gasteiger partial charge in [0.25, 0.3) is 0 Å². The largest absolute Gasteiger partial charge is 0.377 e. The molecule has 0 saturated heterocycles. The Morgan fingerprint density at radius 1 is 1.12 bits per heavy atom. The van der Waals surface area contributed by atoms with Crippen LogP contribution in [0.25, 0.3) is 0 Å². The average Bonchev–Trinajstić information content (AvgIpc) is 2.32. The van der Waals surface area contributed by atoms with Crippen molar-refractivity contribution in [2.45, 2.75) is 39.3 Å². The highest BCUT2D eigenvalue weighted by atomic mass is 16.3. The van der Waals surface area contributed by atoms with Crippen molar-refractivity contribution in [3.8, 4) is 0 Å². The molecule has 0 aromatic heterocycles. The van der Waals surface area contributed by atoms with Crippen LogP contribution in [0, 0.1) is 0 Å². The zero-order valence-electron chi connectivity index (χ0n) is 10.7. The van der Waals surface area contributed by atoms with Gasteiger partial charge in [-0.3, -0.25) is 5.84 Å². The molecule has 0 aliphatic carbocycles. The maximum atomic E-state index is 9.46. The Hall–Kier alpha value is -0.200. The second-order valence-corrected chi connectivity index (χ2v) is 4.06. The number of aliphatic hydroxyl groups is 1. The van der Waals surface area contributed by atoms with Crippen molar-refractivity contribution in [1.29, 1.82) is 0 Å². The van der Waals surface area contributed by atoms with Gasteiger partial charge in [0.2, 0.25) is 0 Å². The summed E-state index contributed by atoms with van der Waals surface area (Å²) in [7, 11) is 0. The van der Waals surface area contributed by atoms with E-state index in [1.807, 2.05) is 6.92 Å². The van der Waals surface area contributed by atoms with Crippen molar-refractivity contribution in [2.75, 3.05) is 32.7 Å². The fraction of sp³-hybridized carbons (Fsp3) is 1.00. The molecule has 98 valence electrons. The normalized spacial score (nSPS) is 13.7. The first kappa shape index (κ1) is 15.8. The van der Waals surface area contributed by atoms with Crippen LogP contribution in [0.1, 0.15) is 33.1 Å². The fourth-order valence-electron chi connectivity index (χ4n) is 1.60. The average molecular weight is 232 g/mol. The minimum Gasteiger partial charge on any atom is -0.377 e. The molecule has 5 heteroatoms. The topological polar surface area (TPSA) is 78.8 Å². The summed E-state index contributed by atoms with van der Waals surface area (Å²) in [6, 6.07) is 0. The van der Waals surface area contributed by atoms with E-state index in [0.29, 0.717) is 6.42 Å². The van der Waals surface area contributed by atoms with Crippen molar-refractivity contribution in [2.24, 2.45) is 11.6 Å². The molecular formula is C11H28N4O. The van der Waals surface area contributed by atoms with E-state index >= 15 is 0 Å². The predicted molar refractivity (Wildman–Crippen MR) is 67.6 cm³/mol. The minimum absolute atomic E-state index is 0.515. The van der Waals surface area contributed by atoms with Gasteiger partial charge in [0.05, 0.1) is 0 Å². The number of hydrogen-bond acceptors (Lipinski definition) is 5. The number of hydrogen-bond donors (Lipinski definition) is 3. The molecule has 0 aromatic rings. The van der Waals surface area contributed by atoms with Crippen molar-refractivity contribution >= 4 is 0 Å². The maximum absolute atomic E-state index is 9.46. The highest BCUT2D eigenvalue weighted by Crippen LogP contribution is 1.98. The molecule has 0 heterocycles. The van der Waals surface area contributed by atoms with Gasteiger partial charge in [0.15, 0.2) is 0 Å². The van der Waals surface area contributed by atoms with E-state index in [-0.39, 0.29) is 0 Å². The van der Waals surface area contributed by atoms with Crippen molar-refractivity contribution in [1.82, 2.24) is 9.91 Å². The summed E-state index contributed by atoms with van der Waals surface area (Å²) in [5.74, 6) is 5.70. The van der Waals surface area contributed by atoms with Crippen LogP contribution >= 0.6 is 0 Å². The molecule has 0 rings (SSSR count). The minimum atomic E-state index is -0.515. The number of nitrogens with zero attached hydrogens (tertiary/aromatic N) is 2. The first-order valence-electron chi connectivity index (χ1n) is 6.27. The standard InChI is InChI=1S/C11H28N4O/c1-3-11(16)15(13)10-6-9-14(4-2)8-5-7-12/h11,16H,3-10,12-13H2,1-2H3. The monoisotopic (exact) mass is 232 g/mol. The van der Waals surface area contributed by atoms with E-state index in [0.717, 1.165) is 45.6 Å². The van der Waals surface area contributed by atoms with E-state index in [2.05, 4.69) is 11.8 Å². The highest BCUT2D eigenvalue weighted by molar-refractivity contribution is 4.59. The van der Waals surface area contributed by atoms with Gasteiger partial charge < -0.3 is 15.7 Å². The van der Waals surface area contributed by atoms with Gasteiger partial charge >= 0.3 is 0 Å². The number of rotatable bonds is 10. The van der Waals surface area contributed by atoms with Gasteiger partial charge in [-0.1, -0.05) is 13.8 Å². The van der Waals surface area contributed by atoms with Crippen molar-refractivity contribution in [3.05, 3.63) is 0 Å². The van der Waals surface area contributed by atoms with Crippen LogP contribution in [0.4, 0.5) is 0 Å². The SMILES string of the molecule is CCC(O)N(N)CCCN(CC)CCCN. The Morgan fingerprint density at radius 2 is 1.75 bits per heavy atom. The molecule has 5 N–H and O–H groups in total. The summed E-state index contributed by atoms with van der Waals surface area (Å²) in [6.45, 7) is 8.65. The molecule has 0 aliphatic rings. The Labute approximate surface area is 99.4 Å². The van der Waals surface area contributed by atoms with Gasteiger partial charge in [-0.05, 0) is 45.4 Å². The summed E-state index contributed by atoms with van der Waals surface area (Å²) < 4.78 is 0. The van der Waals surface area contributed by atoms with Gasteiger partial charge in [-0.25, -0.2) is 5.01 Å². The third-order valence-corrected chi connectivity index (χ3v) is 2.76. The lowest BCUT2D eigenvalue weighted by molar-refractivity contribution is -0.00175. The van der Waals surface area contributed by atoms with E-state index in [1.54, 1.807) is 0 Å². The van der Waals surface area contributed by atoms with Crippen LogP contribution in [0.3, 0.4) is 0 Å². The van der Waals surface area contributed by atoms with Crippen molar-refractivity contribution < 1.29 is 5.11 Å². The molecule has 0 spiro atoms. The maximum Gasteiger partial charge on any atom is 0.119 e. The summed E-state index contributed by atoms with van der Waals surface area (Å²) in [4.78, 5) is 2.36. The third-order valence-electron chi connectivity index (χ3n) is 2.76. The number of hydrazine groups is 1. The van der Waals surface area contributed by atoms with E-state index < -0.39 is 6.23 Å². The van der Waals surface area contributed by atoms with Crippen molar-refractivity contribution in [3.63, 3.8) is 0 Å². The molecule has 0 aliphatic heterocycles. The zero-order valence-corrected chi connectivity index (χ0v) is 10.7. The van der Waals surface area contributed by atoms with Crippen LogP contribution < -0.4 is 11.6 Å². The molecule has 1 unspecified atom stereocenters. The third kappa shape index (κ3) is 7.14. The Morgan fingerprint density at radius 3 is 2.25 bits per heavy atom. The molecule has 1 atom stereocenters. The zero-order chi connectivity index (χ0) is 12.4. The lowest BCUT2D eigenvalue weighted by atomic mass is 10.3. The molecule has 0 saturated carbocycles. The molecule has 5 nitrogen and oxygen atoms in total. The molecule has 0 amide bonds. The van der Waals surface area contributed by atoms with E-state index in [1.165, 1.54) is 5.01 Å². The lowest BCUT2D eigenvalue weighted by Gasteiger charge is -2.24. The Bertz CT molecular complexity index is 157. The molecule has 16 heavy (non-hydrogen) atoms. The predicted octanol–water partition coefficient (Wildman–Crippen LogP) is -0.0487. The first-order chi connectivity index (χ1) is 7.65. The Kier molecular flexibility index (Phi) is 9.86. The van der Waals surface area contributed by atoms with Crippen LogP contribution in [-0.4, -0.2) is 54.0 Å². The van der Waals surface area contributed by atoms with Crippen LogP contribution in [0.2, 0.25) is 0 Å². The lowest BCUT2D eigenvalue weighted by Crippen LogP contribution is -2.42. The second kappa shape index (κ2) is 9.99. The van der Waals surface area contributed by atoms with E-state index in [4.69, 9.17) is 11.6 Å². The smallest absolute Gasteiger partial charge is 0.119 e. The van der Waals surface area contributed by atoms with Gasteiger partial charge in [-0.15, -0.1) is 0 Å². The van der Waals surface area contributed by atoms with Gasteiger partial charge in [0.1, 0.15) is 6.23 Å². The molecule has 0 bridgehead atoms.